The Morgan fingerprint density at radius 2 is 1.71 bits per heavy atom. The average molecular weight is 584 g/mol. The molecule has 8 rings (SSSR count). The molecule has 2 amide bonds. The third-order valence-electron chi connectivity index (χ3n) is 9.91. The Morgan fingerprint density at radius 1 is 1.02 bits per heavy atom. The minimum Gasteiger partial charge on any atom is -0.364 e. The van der Waals surface area contributed by atoms with Gasteiger partial charge in [0.05, 0.1) is 35.2 Å². The van der Waals surface area contributed by atoms with E-state index in [-0.39, 0.29) is 42.4 Å². The second kappa shape index (κ2) is 9.28. The molecule has 12 heteroatoms. The summed E-state index contributed by atoms with van der Waals surface area (Å²) < 4.78 is 45.6. The number of alkyl halides is 3. The van der Waals surface area contributed by atoms with Gasteiger partial charge in [-0.2, -0.15) is 10.2 Å². The molecule has 5 saturated carbocycles. The number of imidazole rings is 1. The molecule has 42 heavy (non-hydrogen) atoms. The van der Waals surface area contributed by atoms with E-state index in [0.717, 1.165) is 18.4 Å². The van der Waals surface area contributed by atoms with E-state index in [1.54, 1.807) is 27.7 Å². The highest BCUT2D eigenvalue weighted by molar-refractivity contribution is 5.91. The molecule has 0 radical (unpaired) electrons. The van der Waals surface area contributed by atoms with Crippen LogP contribution in [0.3, 0.4) is 0 Å². The summed E-state index contributed by atoms with van der Waals surface area (Å²) in [5.41, 5.74) is 6.83. The lowest BCUT2D eigenvalue weighted by Gasteiger charge is -2.64. The molecule has 3 aromatic heterocycles. The fraction of sp³-hybridized carbons (Fsp3) is 0.633. The lowest BCUT2D eigenvalue weighted by Crippen LogP contribution is -2.70. The van der Waals surface area contributed by atoms with E-state index >= 15 is 0 Å². The molecular formula is C30H36F3N7O2. The standard InChI is InChI=1S/C30H36F3N7O2/c1-16(2)40-22(26(34)41)10-20(38-40)24(17-5-7-30(32,33)8-6-17)21-12-39-23(36-21)9-19(11-35-39)25(18-3-4-18)37-27(42)28-13-29(31,14-28)15-28/h9-12,16-18,24-25H,3-8,13-15H2,1-2H3,(H2,34,41)(H,37,42)/t24-,25-,28?,29?/m1/s1. The van der Waals surface area contributed by atoms with Gasteiger partial charge in [0.25, 0.3) is 5.91 Å². The van der Waals surface area contributed by atoms with Crippen LogP contribution in [0.1, 0.15) is 117 Å². The maximum Gasteiger partial charge on any atom is 0.266 e. The number of nitrogens with one attached hydrogen (secondary N) is 1. The van der Waals surface area contributed by atoms with Crippen LogP contribution in [0.2, 0.25) is 0 Å². The number of fused-ring (bicyclic) bond motifs is 1. The molecular weight excluding hydrogens is 547 g/mol. The van der Waals surface area contributed by atoms with Gasteiger partial charge >= 0.3 is 0 Å². The number of hydrogen-bond donors (Lipinski definition) is 2. The number of amides is 2. The van der Waals surface area contributed by atoms with E-state index < -0.39 is 28.8 Å². The Balaban J connectivity index is 1.22. The third kappa shape index (κ3) is 4.57. The molecule has 2 bridgehead atoms. The molecule has 5 fully saturated rings. The van der Waals surface area contributed by atoms with Crippen LogP contribution in [-0.4, -0.2) is 47.8 Å². The van der Waals surface area contributed by atoms with Crippen molar-refractivity contribution in [3.8, 4) is 0 Å². The first-order valence-corrected chi connectivity index (χ1v) is 15.0. The lowest BCUT2D eigenvalue weighted by molar-refractivity contribution is -0.214. The van der Waals surface area contributed by atoms with Crippen molar-refractivity contribution in [3.05, 3.63) is 47.2 Å². The normalized spacial score (nSPS) is 28.2. The largest absolute Gasteiger partial charge is 0.364 e. The monoisotopic (exact) mass is 583 g/mol. The second-order valence-electron chi connectivity index (χ2n) is 13.5. The van der Waals surface area contributed by atoms with E-state index in [9.17, 15) is 22.8 Å². The van der Waals surface area contributed by atoms with Crippen molar-refractivity contribution in [1.82, 2.24) is 29.7 Å². The van der Waals surface area contributed by atoms with Crippen LogP contribution in [0.25, 0.3) is 5.65 Å². The molecule has 0 aliphatic heterocycles. The van der Waals surface area contributed by atoms with Crippen molar-refractivity contribution >= 4 is 17.5 Å². The smallest absolute Gasteiger partial charge is 0.266 e. The van der Waals surface area contributed by atoms with E-state index in [2.05, 4.69) is 10.4 Å². The molecule has 5 aliphatic carbocycles. The van der Waals surface area contributed by atoms with Crippen LogP contribution in [0, 0.1) is 17.3 Å². The number of nitrogens with two attached hydrogens (primary N) is 1. The predicted molar refractivity (Wildman–Crippen MR) is 147 cm³/mol. The highest BCUT2D eigenvalue weighted by atomic mass is 19.3. The molecule has 0 aromatic carbocycles. The number of carbonyl (C=O) groups excluding carboxylic acids is 2. The van der Waals surface area contributed by atoms with E-state index in [1.807, 2.05) is 19.9 Å². The summed E-state index contributed by atoms with van der Waals surface area (Å²) in [5, 5.41) is 12.5. The first kappa shape index (κ1) is 27.4. The molecule has 2 atom stereocenters. The number of hydrogen-bond acceptors (Lipinski definition) is 5. The number of rotatable bonds is 9. The molecule has 9 nitrogen and oxygen atoms in total. The van der Waals surface area contributed by atoms with Gasteiger partial charge in [-0.05, 0) is 88.3 Å². The van der Waals surface area contributed by atoms with Crippen molar-refractivity contribution in [2.75, 3.05) is 0 Å². The quantitative estimate of drug-likeness (QED) is 0.367. The van der Waals surface area contributed by atoms with Crippen LogP contribution in [-0.2, 0) is 4.79 Å². The fourth-order valence-electron chi connectivity index (χ4n) is 7.51. The van der Waals surface area contributed by atoms with E-state index in [1.165, 1.54) is 0 Å². The Hall–Kier alpha value is -3.44. The van der Waals surface area contributed by atoms with Gasteiger partial charge in [-0.3, -0.25) is 14.3 Å². The van der Waals surface area contributed by atoms with Gasteiger partial charge < -0.3 is 11.1 Å². The molecule has 224 valence electrons. The van der Waals surface area contributed by atoms with Crippen molar-refractivity contribution in [3.63, 3.8) is 0 Å². The minimum absolute atomic E-state index is 0.0806. The van der Waals surface area contributed by atoms with Crippen LogP contribution >= 0.6 is 0 Å². The zero-order valence-corrected chi connectivity index (χ0v) is 23.8. The van der Waals surface area contributed by atoms with Crippen molar-refractivity contribution in [2.24, 2.45) is 23.0 Å². The van der Waals surface area contributed by atoms with Gasteiger partial charge in [0.1, 0.15) is 11.4 Å². The highest BCUT2D eigenvalue weighted by Gasteiger charge is 2.73. The summed E-state index contributed by atoms with van der Waals surface area (Å²) in [5.74, 6) is -3.67. The number of nitrogens with zero attached hydrogens (tertiary/aromatic N) is 5. The molecule has 3 heterocycles. The van der Waals surface area contributed by atoms with Gasteiger partial charge in [-0.25, -0.2) is 22.7 Å². The first-order valence-electron chi connectivity index (χ1n) is 15.0. The Labute approximate surface area is 241 Å². The number of carbonyl (C=O) groups is 2. The highest BCUT2D eigenvalue weighted by Crippen LogP contribution is 2.69. The van der Waals surface area contributed by atoms with Crippen molar-refractivity contribution < 1.29 is 22.8 Å². The van der Waals surface area contributed by atoms with Gasteiger partial charge in [0.15, 0.2) is 5.65 Å². The summed E-state index contributed by atoms with van der Waals surface area (Å²) in [6.07, 6.45) is 6.59. The summed E-state index contributed by atoms with van der Waals surface area (Å²) in [6, 6.07) is 3.22. The summed E-state index contributed by atoms with van der Waals surface area (Å²) in [6.45, 7) is 3.79. The van der Waals surface area contributed by atoms with Crippen LogP contribution in [0.15, 0.2) is 24.5 Å². The topological polar surface area (TPSA) is 120 Å². The third-order valence-corrected chi connectivity index (χ3v) is 9.91. The summed E-state index contributed by atoms with van der Waals surface area (Å²) in [7, 11) is 0. The van der Waals surface area contributed by atoms with E-state index in [4.69, 9.17) is 15.8 Å². The Kier molecular flexibility index (Phi) is 6.05. The van der Waals surface area contributed by atoms with Crippen molar-refractivity contribution in [1.29, 1.82) is 0 Å². The van der Waals surface area contributed by atoms with Gasteiger partial charge in [0, 0.05) is 24.8 Å². The molecule has 3 N–H and O–H groups in total. The number of aromatic nitrogens is 5. The first-order chi connectivity index (χ1) is 19.9. The van der Waals surface area contributed by atoms with Crippen molar-refractivity contribution in [2.45, 2.75) is 101 Å². The molecule has 0 saturated heterocycles. The Morgan fingerprint density at radius 3 is 2.29 bits per heavy atom. The SMILES string of the molecule is CC(C)n1nc([C@H](c2cn3ncc([C@H](NC(=O)C45CC(F)(C4)C5)C4CC4)cc3n2)C2CCC(F)(F)CC2)cc1C(N)=O. The van der Waals surface area contributed by atoms with Crippen LogP contribution < -0.4 is 11.1 Å². The molecule has 3 aromatic rings. The fourth-order valence-corrected chi connectivity index (χ4v) is 7.51. The summed E-state index contributed by atoms with van der Waals surface area (Å²) >= 11 is 0. The maximum absolute atomic E-state index is 14.1. The predicted octanol–water partition coefficient (Wildman–Crippen LogP) is 5.02. The van der Waals surface area contributed by atoms with Crippen LogP contribution in [0.4, 0.5) is 13.2 Å². The van der Waals surface area contributed by atoms with Crippen LogP contribution in [0.5, 0.6) is 0 Å². The molecule has 5 aliphatic rings. The number of primary amides is 1. The second-order valence-corrected chi connectivity index (χ2v) is 13.5. The zero-order valence-electron chi connectivity index (χ0n) is 23.8. The molecule has 0 spiro atoms. The molecule has 0 unspecified atom stereocenters. The average Bonchev–Trinajstić information content (AvgIpc) is 3.49. The minimum atomic E-state index is -2.70. The Bertz CT molecular complexity index is 1550. The lowest BCUT2D eigenvalue weighted by atomic mass is 9.42. The van der Waals surface area contributed by atoms with Gasteiger partial charge in [-0.15, -0.1) is 0 Å². The van der Waals surface area contributed by atoms with Gasteiger partial charge in [-0.1, -0.05) is 0 Å². The maximum atomic E-state index is 14.1. The van der Waals surface area contributed by atoms with Gasteiger partial charge in [0.2, 0.25) is 11.8 Å². The van der Waals surface area contributed by atoms with E-state index in [0.29, 0.717) is 55.1 Å². The number of halogens is 3. The summed E-state index contributed by atoms with van der Waals surface area (Å²) in [4.78, 5) is 30.2. The zero-order chi connectivity index (χ0) is 29.6.